The largest absolute Gasteiger partial charge is 0.479 e. The molecule has 0 heterocycles. The zero-order valence-electron chi connectivity index (χ0n) is 14.2. The molecular formula is C16H20F3NO5. The molecule has 0 radical (unpaired) electrons. The number of ether oxygens (including phenoxy) is 2. The molecule has 9 heteroatoms. The van der Waals surface area contributed by atoms with E-state index >= 15 is 0 Å². The van der Waals surface area contributed by atoms with Gasteiger partial charge in [0.2, 0.25) is 0 Å². The molecule has 0 aromatic heterocycles. The number of alkyl halides is 3. The Balaban J connectivity index is 3.11. The van der Waals surface area contributed by atoms with Crippen LogP contribution in [0.3, 0.4) is 0 Å². The van der Waals surface area contributed by atoms with Gasteiger partial charge in [-0.3, -0.25) is 5.32 Å². The van der Waals surface area contributed by atoms with E-state index in [0.717, 1.165) is 12.1 Å². The minimum Gasteiger partial charge on any atom is -0.479 e. The molecule has 0 aliphatic heterocycles. The molecule has 1 rings (SSSR count). The van der Waals surface area contributed by atoms with Crippen LogP contribution in [0, 0.1) is 0 Å². The van der Waals surface area contributed by atoms with Crippen LogP contribution < -0.4 is 10.1 Å². The summed E-state index contributed by atoms with van der Waals surface area (Å²) in [7, 11) is 0. The van der Waals surface area contributed by atoms with Crippen molar-refractivity contribution in [3.8, 4) is 5.75 Å². The molecule has 0 bridgehead atoms. The van der Waals surface area contributed by atoms with Crippen molar-refractivity contribution in [1.82, 2.24) is 0 Å². The van der Waals surface area contributed by atoms with Crippen LogP contribution in [-0.4, -0.2) is 28.9 Å². The predicted octanol–water partition coefficient (Wildman–Crippen LogP) is 4.29. The van der Waals surface area contributed by atoms with Gasteiger partial charge in [0.05, 0.1) is 11.3 Å². The van der Waals surface area contributed by atoms with E-state index in [1.165, 1.54) is 6.92 Å². The molecule has 140 valence electrons. The average Bonchev–Trinajstić information content (AvgIpc) is 2.42. The SMILES string of the molecule is CCC(Oc1ccc(NC(=O)OC(C)(C)C)c(C(F)(F)F)c1)C(=O)O. The second kappa shape index (κ2) is 7.62. The van der Waals surface area contributed by atoms with Crippen molar-refractivity contribution in [3.05, 3.63) is 23.8 Å². The molecule has 1 aromatic rings. The molecule has 2 N–H and O–H groups in total. The van der Waals surface area contributed by atoms with Gasteiger partial charge in [-0.1, -0.05) is 6.92 Å². The Labute approximate surface area is 142 Å². The Morgan fingerprint density at radius 3 is 2.28 bits per heavy atom. The minimum absolute atomic E-state index is 0.0780. The molecule has 1 aromatic carbocycles. The molecule has 25 heavy (non-hydrogen) atoms. The average molecular weight is 363 g/mol. The van der Waals surface area contributed by atoms with Gasteiger partial charge in [0.25, 0.3) is 0 Å². The molecule has 1 unspecified atom stereocenters. The maximum atomic E-state index is 13.2. The summed E-state index contributed by atoms with van der Waals surface area (Å²) in [6.45, 7) is 6.25. The lowest BCUT2D eigenvalue weighted by Gasteiger charge is -2.21. The molecule has 0 aliphatic rings. The van der Waals surface area contributed by atoms with Crippen LogP contribution in [0.2, 0.25) is 0 Å². The zero-order chi connectivity index (χ0) is 19.4. The first-order valence-corrected chi connectivity index (χ1v) is 7.44. The summed E-state index contributed by atoms with van der Waals surface area (Å²) >= 11 is 0. The fourth-order valence-electron chi connectivity index (χ4n) is 1.83. The molecule has 0 spiro atoms. The standard InChI is InChI=1S/C16H20F3NO5/c1-5-12(13(21)22)24-9-6-7-11(10(8-9)16(17,18)19)20-14(23)25-15(2,3)4/h6-8,12H,5H2,1-4H3,(H,20,23)(H,21,22). The van der Waals surface area contributed by atoms with Crippen LogP contribution in [-0.2, 0) is 15.7 Å². The van der Waals surface area contributed by atoms with Crippen molar-refractivity contribution < 1.29 is 37.3 Å². The number of halogens is 3. The van der Waals surface area contributed by atoms with Gasteiger partial charge in [0.1, 0.15) is 11.4 Å². The number of carbonyl (C=O) groups excluding carboxylic acids is 1. The fraction of sp³-hybridized carbons (Fsp3) is 0.500. The summed E-state index contributed by atoms with van der Waals surface area (Å²) in [6, 6.07) is 2.77. The van der Waals surface area contributed by atoms with Gasteiger partial charge in [-0.15, -0.1) is 0 Å². The summed E-state index contributed by atoms with van der Waals surface area (Å²) in [5, 5.41) is 11.0. The van der Waals surface area contributed by atoms with Crippen LogP contribution in [0.5, 0.6) is 5.75 Å². The van der Waals surface area contributed by atoms with Gasteiger partial charge in [-0.2, -0.15) is 13.2 Å². The Bertz CT molecular complexity index is 638. The van der Waals surface area contributed by atoms with E-state index < -0.39 is 41.2 Å². The quantitative estimate of drug-likeness (QED) is 0.815. The third kappa shape index (κ3) is 6.52. The first-order valence-electron chi connectivity index (χ1n) is 7.44. The normalized spacial score (nSPS) is 13.1. The van der Waals surface area contributed by atoms with E-state index in [-0.39, 0.29) is 12.2 Å². The minimum atomic E-state index is -4.78. The summed E-state index contributed by atoms with van der Waals surface area (Å²) in [6.07, 6.45) is -7.02. The number of rotatable bonds is 5. The Hall–Kier alpha value is -2.45. The summed E-state index contributed by atoms with van der Waals surface area (Å²) in [5.41, 5.74) is -2.56. The molecule has 0 aliphatic carbocycles. The van der Waals surface area contributed by atoms with Crippen molar-refractivity contribution in [2.75, 3.05) is 5.32 Å². The van der Waals surface area contributed by atoms with Gasteiger partial charge in [0.15, 0.2) is 6.10 Å². The van der Waals surface area contributed by atoms with Crippen LogP contribution in [0.4, 0.5) is 23.7 Å². The highest BCUT2D eigenvalue weighted by Gasteiger charge is 2.35. The number of carboxylic acids is 1. The zero-order valence-corrected chi connectivity index (χ0v) is 14.2. The number of anilines is 1. The van der Waals surface area contributed by atoms with Crippen molar-refractivity contribution in [1.29, 1.82) is 0 Å². The Kier molecular flexibility index (Phi) is 6.28. The number of carbonyl (C=O) groups is 2. The predicted molar refractivity (Wildman–Crippen MR) is 83.6 cm³/mol. The summed E-state index contributed by atoms with van der Waals surface area (Å²) in [4.78, 5) is 22.6. The summed E-state index contributed by atoms with van der Waals surface area (Å²) < 4.78 is 49.7. The number of benzene rings is 1. The van der Waals surface area contributed by atoms with E-state index in [2.05, 4.69) is 0 Å². The lowest BCUT2D eigenvalue weighted by molar-refractivity contribution is -0.145. The van der Waals surface area contributed by atoms with Gasteiger partial charge in [0, 0.05) is 0 Å². The fourth-order valence-corrected chi connectivity index (χ4v) is 1.83. The number of hydrogen-bond donors (Lipinski definition) is 2. The molecule has 1 amide bonds. The van der Waals surface area contributed by atoms with Crippen molar-refractivity contribution >= 4 is 17.7 Å². The number of nitrogens with one attached hydrogen (secondary N) is 1. The van der Waals surface area contributed by atoms with E-state index in [0.29, 0.717) is 6.07 Å². The third-order valence-corrected chi connectivity index (χ3v) is 2.86. The molecular weight excluding hydrogens is 343 g/mol. The van der Waals surface area contributed by atoms with Gasteiger partial charge < -0.3 is 14.6 Å². The second-order valence-corrected chi connectivity index (χ2v) is 6.19. The Morgan fingerprint density at radius 2 is 1.84 bits per heavy atom. The monoisotopic (exact) mass is 363 g/mol. The number of aliphatic carboxylic acids is 1. The van der Waals surface area contributed by atoms with E-state index in [1.54, 1.807) is 20.8 Å². The number of amides is 1. The maximum absolute atomic E-state index is 13.2. The van der Waals surface area contributed by atoms with Gasteiger partial charge in [-0.25, -0.2) is 9.59 Å². The van der Waals surface area contributed by atoms with Crippen LogP contribution >= 0.6 is 0 Å². The highest BCUT2D eigenvalue weighted by atomic mass is 19.4. The number of hydrogen-bond acceptors (Lipinski definition) is 4. The first-order chi connectivity index (χ1) is 11.3. The van der Waals surface area contributed by atoms with Crippen molar-refractivity contribution in [2.24, 2.45) is 0 Å². The van der Waals surface area contributed by atoms with Crippen LogP contribution in [0.1, 0.15) is 39.7 Å². The van der Waals surface area contributed by atoms with Crippen LogP contribution in [0.25, 0.3) is 0 Å². The topological polar surface area (TPSA) is 84.9 Å². The maximum Gasteiger partial charge on any atom is 0.418 e. The Morgan fingerprint density at radius 1 is 1.24 bits per heavy atom. The lowest BCUT2D eigenvalue weighted by Crippen LogP contribution is -2.28. The number of carboxylic acid groups (broad SMARTS) is 1. The van der Waals surface area contributed by atoms with E-state index in [9.17, 15) is 22.8 Å². The molecule has 0 fully saturated rings. The smallest absolute Gasteiger partial charge is 0.418 e. The summed E-state index contributed by atoms with van der Waals surface area (Å²) in [5.74, 6) is -1.55. The van der Waals surface area contributed by atoms with Gasteiger partial charge >= 0.3 is 18.2 Å². The van der Waals surface area contributed by atoms with Crippen molar-refractivity contribution in [3.63, 3.8) is 0 Å². The molecule has 0 saturated heterocycles. The highest BCUT2D eigenvalue weighted by molar-refractivity contribution is 5.86. The second-order valence-electron chi connectivity index (χ2n) is 6.19. The molecule has 6 nitrogen and oxygen atoms in total. The first kappa shape index (κ1) is 20.6. The van der Waals surface area contributed by atoms with E-state index in [4.69, 9.17) is 14.6 Å². The van der Waals surface area contributed by atoms with E-state index in [1.807, 2.05) is 5.32 Å². The van der Waals surface area contributed by atoms with Gasteiger partial charge in [-0.05, 0) is 45.4 Å². The lowest BCUT2D eigenvalue weighted by atomic mass is 10.1. The third-order valence-electron chi connectivity index (χ3n) is 2.86. The molecule has 1 atom stereocenters. The highest BCUT2D eigenvalue weighted by Crippen LogP contribution is 2.37. The van der Waals surface area contributed by atoms with Crippen LogP contribution in [0.15, 0.2) is 18.2 Å². The van der Waals surface area contributed by atoms with Crippen molar-refractivity contribution in [2.45, 2.75) is 52.0 Å². The molecule has 0 saturated carbocycles.